The zero-order valence-electron chi connectivity index (χ0n) is 15.3. The predicted molar refractivity (Wildman–Crippen MR) is 102 cm³/mol. The standard InChI is InChI=1S/C22H25NO4/c24-21(25)15-20(18-9-5-2-6-10-18)19-11-13-23(14-12-19)22(26)27-16-17-7-3-1-4-8-17/h1-10,19-20H,11-16H2,(H,24,25). The Morgan fingerprint density at radius 3 is 2.19 bits per heavy atom. The number of amides is 1. The van der Waals surface area contributed by atoms with Crippen LogP contribution in [0.5, 0.6) is 0 Å². The monoisotopic (exact) mass is 367 g/mol. The molecule has 0 bridgehead atoms. The number of carbonyl (C=O) groups is 2. The van der Waals surface area contributed by atoms with Crippen molar-refractivity contribution in [2.75, 3.05) is 13.1 Å². The van der Waals surface area contributed by atoms with Crippen molar-refractivity contribution < 1.29 is 19.4 Å². The molecule has 1 amide bonds. The van der Waals surface area contributed by atoms with E-state index in [0.717, 1.165) is 24.0 Å². The van der Waals surface area contributed by atoms with Gasteiger partial charge in [-0.1, -0.05) is 60.7 Å². The van der Waals surface area contributed by atoms with Crippen molar-refractivity contribution in [2.45, 2.75) is 31.8 Å². The number of nitrogens with zero attached hydrogens (tertiary/aromatic N) is 1. The first-order valence-electron chi connectivity index (χ1n) is 9.36. The molecular formula is C22H25NO4. The Hall–Kier alpha value is -2.82. The van der Waals surface area contributed by atoms with Crippen LogP contribution in [0.3, 0.4) is 0 Å². The van der Waals surface area contributed by atoms with E-state index in [1.165, 1.54) is 0 Å². The van der Waals surface area contributed by atoms with Crippen LogP contribution in [0.1, 0.15) is 36.3 Å². The van der Waals surface area contributed by atoms with Gasteiger partial charge in [-0.15, -0.1) is 0 Å². The summed E-state index contributed by atoms with van der Waals surface area (Å²) in [4.78, 5) is 25.4. The second-order valence-corrected chi connectivity index (χ2v) is 6.98. The summed E-state index contributed by atoms with van der Waals surface area (Å²) in [7, 11) is 0. The second kappa shape index (κ2) is 9.21. The van der Waals surface area contributed by atoms with Gasteiger partial charge in [0.05, 0.1) is 6.42 Å². The molecule has 1 aliphatic rings. The smallest absolute Gasteiger partial charge is 0.410 e. The number of ether oxygens (including phenoxy) is 1. The van der Waals surface area contributed by atoms with Crippen molar-refractivity contribution in [3.8, 4) is 0 Å². The number of carbonyl (C=O) groups excluding carboxylic acids is 1. The molecule has 1 aliphatic heterocycles. The van der Waals surface area contributed by atoms with Crippen molar-refractivity contribution in [1.82, 2.24) is 4.90 Å². The Kier molecular flexibility index (Phi) is 6.47. The molecule has 0 aromatic heterocycles. The molecule has 2 aromatic carbocycles. The summed E-state index contributed by atoms with van der Waals surface area (Å²) in [5.41, 5.74) is 2.02. The van der Waals surface area contributed by atoms with Crippen LogP contribution in [0.15, 0.2) is 60.7 Å². The summed E-state index contributed by atoms with van der Waals surface area (Å²) in [6, 6.07) is 19.4. The first-order valence-corrected chi connectivity index (χ1v) is 9.36. The van der Waals surface area contributed by atoms with Gasteiger partial charge < -0.3 is 14.7 Å². The quantitative estimate of drug-likeness (QED) is 0.827. The summed E-state index contributed by atoms with van der Waals surface area (Å²) >= 11 is 0. The molecule has 1 unspecified atom stereocenters. The molecule has 1 atom stereocenters. The van der Waals surface area contributed by atoms with E-state index in [1.54, 1.807) is 4.90 Å². The zero-order chi connectivity index (χ0) is 19.1. The van der Waals surface area contributed by atoms with Gasteiger partial charge in [0.1, 0.15) is 6.61 Å². The van der Waals surface area contributed by atoms with Crippen molar-refractivity contribution in [3.63, 3.8) is 0 Å². The van der Waals surface area contributed by atoms with E-state index >= 15 is 0 Å². The number of likely N-dealkylation sites (tertiary alicyclic amines) is 1. The van der Waals surface area contributed by atoms with Gasteiger partial charge in [-0.3, -0.25) is 4.79 Å². The van der Waals surface area contributed by atoms with Gasteiger partial charge in [-0.25, -0.2) is 4.79 Å². The third-order valence-corrected chi connectivity index (χ3v) is 5.19. The van der Waals surface area contributed by atoms with Gasteiger partial charge in [-0.2, -0.15) is 0 Å². The Balaban J connectivity index is 1.55. The summed E-state index contributed by atoms with van der Waals surface area (Å²) in [5, 5.41) is 9.31. The average Bonchev–Trinajstić information content (AvgIpc) is 2.72. The first kappa shape index (κ1) is 19.0. The number of carboxylic acid groups (broad SMARTS) is 1. The lowest BCUT2D eigenvalue weighted by atomic mass is 9.78. The Bertz CT molecular complexity index is 739. The van der Waals surface area contributed by atoms with Crippen LogP contribution in [0.25, 0.3) is 0 Å². The third kappa shape index (κ3) is 5.33. The molecule has 27 heavy (non-hydrogen) atoms. The second-order valence-electron chi connectivity index (χ2n) is 6.98. The minimum Gasteiger partial charge on any atom is -0.481 e. The van der Waals surface area contributed by atoms with Crippen molar-refractivity contribution >= 4 is 12.1 Å². The molecule has 0 spiro atoms. The van der Waals surface area contributed by atoms with E-state index in [-0.39, 0.29) is 31.0 Å². The topological polar surface area (TPSA) is 66.8 Å². The van der Waals surface area contributed by atoms with Crippen LogP contribution in [0.2, 0.25) is 0 Å². The molecule has 1 saturated heterocycles. The van der Waals surface area contributed by atoms with Gasteiger partial charge in [0, 0.05) is 13.1 Å². The molecule has 0 radical (unpaired) electrons. The van der Waals surface area contributed by atoms with Gasteiger partial charge in [-0.05, 0) is 35.8 Å². The van der Waals surface area contributed by atoms with E-state index in [1.807, 2.05) is 60.7 Å². The van der Waals surface area contributed by atoms with E-state index in [4.69, 9.17) is 4.74 Å². The van der Waals surface area contributed by atoms with Crippen LogP contribution in [-0.4, -0.2) is 35.2 Å². The SMILES string of the molecule is O=C(O)CC(c1ccccc1)C1CCN(C(=O)OCc2ccccc2)CC1. The number of benzene rings is 2. The Morgan fingerprint density at radius 1 is 1.00 bits per heavy atom. The molecule has 1 heterocycles. The highest BCUT2D eigenvalue weighted by molar-refractivity contribution is 5.68. The summed E-state index contributed by atoms with van der Waals surface area (Å²) in [5.74, 6) is -0.554. The summed E-state index contributed by atoms with van der Waals surface area (Å²) < 4.78 is 5.41. The maximum Gasteiger partial charge on any atom is 0.410 e. The molecule has 0 aliphatic carbocycles. The van der Waals surface area contributed by atoms with E-state index in [9.17, 15) is 14.7 Å². The molecule has 5 nitrogen and oxygen atoms in total. The molecule has 1 fully saturated rings. The number of carboxylic acids is 1. The lowest BCUT2D eigenvalue weighted by molar-refractivity contribution is -0.137. The Labute approximate surface area is 159 Å². The molecule has 2 aromatic rings. The maximum absolute atomic E-state index is 12.3. The molecule has 5 heteroatoms. The summed E-state index contributed by atoms with van der Waals surface area (Å²) in [6.07, 6.45) is 1.39. The number of rotatable bonds is 6. The summed E-state index contributed by atoms with van der Waals surface area (Å²) in [6.45, 7) is 1.47. The zero-order valence-corrected chi connectivity index (χ0v) is 15.3. The normalized spacial score (nSPS) is 15.9. The minimum absolute atomic E-state index is 0.0220. The number of aliphatic carboxylic acids is 1. The molecule has 0 saturated carbocycles. The molecular weight excluding hydrogens is 342 g/mol. The maximum atomic E-state index is 12.3. The van der Waals surface area contributed by atoms with Crippen molar-refractivity contribution in [3.05, 3.63) is 71.8 Å². The van der Waals surface area contributed by atoms with Crippen LogP contribution >= 0.6 is 0 Å². The molecule has 142 valence electrons. The van der Waals surface area contributed by atoms with E-state index in [2.05, 4.69) is 0 Å². The fourth-order valence-electron chi connectivity index (χ4n) is 3.74. The highest BCUT2D eigenvalue weighted by atomic mass is 16.6. The molecule has 1 N–H and O–H groups in total. The van der Waals surface area contributed by atoms with Gasteiger partial charge in [0.25, 0.3) is 0 Å². The largest absolute Gasteiger partial charge is 0.481 e. The average molecular weight is 367 g/mol. The lowest BCUT2D eigenvalue weighted by Gasteiger charge is -2.35. The van der Waals surface area contributed by atoms with Crippen LogP contribution in [0, 0.1) is 5.92 Å². The third-order valence-electron chi connectivity index (χ3n) is 5.19. The van der Waals surface area contributed by atoms with Crippen molar-refractivity contribution in [1.29, 1.82) is 0 Å². The van der Waals surface area contributed by atoms with Crippen LogP contribution in [-0.2, 0) is 16.1 Å². The minimum atomic E-state index is -0.784. The van der Waals surface area contributed by atoms with E-state index in [0.29, 0.717) is 13.1 Å². The Morgan fingerprint density at radius 2 is 1.59 bits per heavy atom. The van der Waals surface area contributed by atoms with E-state index < -0.39 is 5.97 Å². The number of piperidine rings is 1. The number of hydrogen-bond acceptors (Lipinski definition) is 3. The fraction of sp³-hybridized carbons (Fsp3) is 0.364. The predicted octanol–water partition coefficient (Wildman–Crippen LogP) is 4.29. The van der Waals surface area contributed by atoms with Crippen LogP contribution < -0.4 is 0 Å². The first-order chi connectivity index (χ1) is 13.1. The molecule has 3 rings (SSSR count). The highest BCUT2D eigenvalue weighted by Crippen LogP contribution is 2.35. The fourth-order valence-corrected chi connectivity index (χ4v) is 3.74. The lowest BCUT2D eigenvalue weighted by Crippen LogP contribution is -2.40. The van der Waals surface area contributed by atoms with Crippen LogP contribution in [0.4, 0.5) is 4.79 Å². The van der Waals surface area contributed by atoms with Gasteiger partial charge in [0.15, 0.2) is 0 Å². The highest BCUT2D eigenvalue weighted by Gasteiger charge is 2.31. The van der Waals surface area contributed by atoms with Gasteiger partial charge >= 0.3 is 12.1 Å². The van der Waals surface area contributed by atoms with Gasteiger partial charge in [0.2, 0.25) is 0 Å². The van der Waals surface area contributed by atoms with Crippen molar-refractivity contribution in [2.24, 2.45) is 5.92 Å². The number of hydrogen-bond donors (Lipinski definition) is 1.